The molecule has 4 rings (SSSR count). The molecule has 0 aliphatic rings. The van der Waals surface area contributed by atoms with Crippen LogP contribution >= 0.6 is 0 Å². The Morgan fingerprint density at radius 1 is 0.654 bits per heavy atom. The fourth-order valence-corrected chi connectivity index (χ4v) is 3.85. The van der Waals surface area contributed by atoms with Crippen LogP contribution in [0, 0.1) is 5.41 Å². The van der Waals surface area contributed by atoms with Crippen molar-refractivity contribution in [1.82, 2.24) is 0 Å². The highest BCUT2D eigenvalue weighted by Crippen LogP contribution is 2.43. The van der Waals surface area contributed by atoms with Crippen molar-refractivity contribution in [2.24, 2.45) is 5.41 Å². The molecule has 0 bridgehead atoms. The predicted molar refractivity (Wildman–Crippen MR) is 112 cm³/mol. The van der Waals surface area contributed by atoms with Gasteiger partial charge in [0.15, 0.2) is 0 Å². The zero-order valence-electron chi connectivity index (χ0n) is 15.6. The quantitative estimate of drug-likeness (QED) is 0.418. The third kappa shape index (κ3) is 2.94. The Kier molecular flexibility index (Phi) is 3.96. The van der Waals surface area contributed by atoms with Crippen LogP contribution in [0.1, 0.15) is 26.3 Å². The van der Waals surface area contributed by atoms with Gasteiger partial charge in [-0.1, -0.05) is 87.5 Å². The first kappa shape index (κ1) is 16.7. The minimum atomic E-state index is 0.164. The monoisotopic (exact) mass is 340 g/mol. The molecule has 0 fully saturated rings. The lowest BCUT2D eigenvalue weighted by Gasteiger charge is -2.23. The van der Waals surface area contributed by atoms with Gasteiger partial charge in [-0.15, -0.1) is 0 Å². The first-order chi connectivity index (χ1) is 12.4. The normalized spacial score (nSPS) is 12.0. The fraction of sp³-hybridized carbons (Fsp3) is 0.200. The summed E-state index contributed by atoms with van der Waals surface area (Å²) in [5.74, 6) is 0.343. The zero-order valence-corrected chi connectivity index (χ0v) is 15.6. The van der Waals surface area contributed by atoms with E-state index in [1.54, 1.807) is 0 Å². The van der Waals surface area contributed by atoms with E-state index in [1.807, 2.05) is 24.3 Å². The average Bonchev–Trinajstić information content (AvgIpc) is 2.61. The highest BCUT2D eigenvalue weighted by molar-refractivity contribution is 6.08. The van der Waals surface area contributed by atoms with Crippen LogP contribution in [-0.4, -0.2) is 5.11 Å². The largest absolute Gasteiger partial charge is 0.507 e. The maximum Gasteiger partial charge on any atom is 0.124 e. The van der Waals surface area contributed by atoms with Crippen LogP contribution in [0.3, 0.4) is 0 Å². The van der Waals surface area contributed by atoms with Gasteiger partial charge in [-0.25, -0.2) is 0 Å². The summed E-state index contributed by atoms with van der Waals surface area (Å²) in [5, 5.41) is 15.5. The Balaban J connectivity index is 2.14. The minimum Gasteiger partial charge on any atom is -0.507 e. The Labute approximate surface area is 154 Å². The summed E-state index contributed by atoms with van der Waals surface area (Å²) >= 11 is 0. The summed E-state index contributed by atoms with van der Waals surface area (Å²) in [6.07, 6.45) is 0.954. The highest BCUT2D eigenvalue weighted by atomic mass is 16.3. The molecule has 0 aromatic heterocycles. The van der Waals surface area contributed by atoms with E-state index in [0.29, 0.717) is 5.75 Å². The topological polar surface area (TPSA) is 20.2 Å². The van der Waals surface area contributed by atoms with E-state index < -0.39 is 0 Å². The molecule has 0 aliphatic carbocycles. The molecule has 130 valence electrons. The molecule has 1 N–H and O–H groups in total. The second-order valence-corrected chi connectivity index (χ2v) is 8.24. The van der Waals surface area contributed by atoms with E-state index in [0.717, 1.165) is 28.3 Å². The molecule has 26 heavy (non-hydrogen) atoms. The van der Waals surface area contributed by atoms with Gasteiger partial charge >= 0.3 is 0 Å². The molecule has 0 unspecified atom stereocenters. The van der Waals surface area contributed by atoms with Crippen LogP contribution in [0.25, 0.3) is 32.7 Å². The van der Waals surface area contributed by atoms with E-state index >= 15 is 0 Å². The second kappa shape index (κ2) is 6.17. The van der Waals surface area contributed by atoms with E-state index in [2.05, 4.69) is 69.3 Å². The third-order valence-electron chi connectivity index (χ3n) is 4.89. The molecular weight excluding hydrogens is 316 g/mol. The van der Waals surface area contributed by atoms with Crippen LogP contribution in [-0.2, 0) is 6.42 Å². The Morgan fingerprint density at radius 2 is 1.19 bits per heavy atom. The van der Waals surface area contributed by atoms with E-state index in [4.69, 9.17) is 0 Å². The van der Waals surface area contributed by atoms with Gasteiger partial charge in [0.1, 0.15) is 5.75 Å². The molecule has 4 aromatic rings. The number of benzene rings is 4. The van der Waals surface area contributed by atoms with E-state index in [1.165, 1.54) is 16.3 Å². The van der Waals surface area contributed by atoms with Crippen LogP contribution in [0.2, 0.25) is 0 Å². The lowest BCUT2D eigenvalue weighted by atomic mass is 9.82. The van der Waals surface area contributed by atoms with Crippen LogP contribution in [0.15, 0.2) is 72.8 Å². The smallest absolute Gasteiger partial charge is 0.124 e. The van der Waals surface area contributed by atoms with Gasteiger partial charge in [0.25, 0.3) is 0 Å². The van der Waals surface area contributed by atoms with Gasteiger partial charge < -0.3 is 5.11 Å². The number of hydrogen-bond donors (Lipinski definition) is 1. The summed E-state index contributed by atoms with van der Waals surface area (Å²) < 4.78 is 0. The number of rotatable bonds is 2. The molecule has 1 heteroatoms. The molecule has 0 aliphatic heterocycles. The summed E-state index contributed by atoms with van der Waals surface area (Å²) in [7, 11) is 0. The number of hydrogen-bond acceptors (Lipinski definition) is 1. The number of phenolic OH excluding ortho intramolecular Hbond substituents is 1. The highest BCUT2D eigenvalue weighted by Gasteiger charge is 2.20. The molecule has 0 radical (unpaired) electrons. The molecule has 0 saturated heterocycles. The average molecular weight is 340 g/mol. The van der Waals surface area contributed by atoms with Crippen molar-refractivity contribution in [3.63, 3.8) is 0 Å². The zero-order chi connectivity index (χ0) is 18.3. The molecule has 0 heterocycles. The maximum absolute atomic E-state index is 10.8. The SMILES string of the molecule is CC(C)(C)Cc1ccc2ccccc2c1-c1c(O)ccc2ccccc12. The van der Waals surface area contributed by atoms with Crippen LogP contribution in [0.5, 0.6) is 5.75 Å². The van der Waals surface area contributed by atoms with Gasteiger partial charge in [0, 0.05) is 5.56 Å². The molecule has 1 nitrogen and oxygen atoms in total. The molecule has 0 atom stereocenters. The van der Waals surface area contributed by atoms with Gasteiger partial charge in [-0.2, -0.15) is 0 Å². The van der Waals surface area contributed by atoms with E-state index in [9.17, 15) is 5.11 Å². The summed E-state index contributed by atoms with van der Waals surface area (Å²) in [6, 6.07) is 25.0. The predicted octanol–water partition coefficient (Wildman–Crippen LogP) is 6.95. The number of phenols is 1. The fourth-order valence-electron chi connectivity index (χ4n) is 3.85. The van der Waals surface area contributed by atoms with Crippen molar-refractivity contribution in [3.05, 3.63) is 78.4 Å². The van der Waals surface area contributed by atoms with Crippen molar-refractivity contribution in [2.45, 2.75) is 27.2 Å². The summed E-state index contributed by atoms with van der Waals surface area (Å²) in [6.45, 7) is 6.78. The summed E-state index contributed by atoms with van der Waals surface area (Å²) in [5.41, 5.74) is 3.55. The van der Waals surface area contributed by atoms with Crippen molar-refractivity contribution in [2.75, 3.05) is 0 Å². The van der Waals surface area contributed by atoms with Gasteiger partial charge in [-0.3, -0.25) is 0 Å². The number of fused-ring (bicyclic) bond motifs is 2. The van der Waals surface area contributed by atoms with Crippen molar-refractivity contribution in [1.29, 1.82) is 0 Å². The Bertz CT molecular complexity index is 1100. The third-order valence-corrected chi connectivity index (χ3v) is 4.89. The first-order valence-corrected chi connectivity index (χ1v) is 9.16. The van der Waals surface area contributed by atoms with E-state index in [-0.39, 0.29) is 5.41 Å². The molecule has 0 spiro atoms. The molecule has 0 amide bonds. The van der Waals surface area contributed by atoms with Crippen LogP contribution in [0.4, 0.5) is 0 Å². The molecule has 0 saturated carbocycles. The second-order valence-electron chi connectivity index (χ2n) is 8.24. The lowest BCUT2D eigenvalue weighted by Crippen LogP contribution is -2.10. The first-order valence-electron chi connectivity index (χ1n) is 9.16. The molecule has 4 aromatic carbocycles. The van der Waals surface area contributed by atoms with Crippen molar-refractivity contribution >= 4 is 21.5 Å². The Morgan fingerprint density at radius 3 is 1.81 bits per heavy atom. The lowest BCUT2D eigenvalue weighted by molar-refractivity contribution is 0.411. The van der Waals surface area contributed by atoms with Gasteiger partial charge in [0.05, 0.1) is 0 Å². The standard InChI is InChI=1S/C25H24O/c1-25(2,3)16-19-13-12-17-8-4-6-10-20(17)23(19)24-21-11-7-5-9-18(21)14-15-22(24)26/h4-15,26H,16H2,1-3H3. The Hall–Kier alpha value is -2.80. The van der Waals surface area contributed by atoms with Gasteiger partial charge in [0.2, 0.25) is 0 Å². The van der Waals surface area contributed by atoms with Gasteiger partial charge in [-0.05, 0) is 50.6 Å². The number of aromatic hydroxyl groups is 1. The molecular formula is C25H24O. The van der Waals surface area contributed by atoms with Crippen molar-refractivity contribution < 1.29 is 5.11 Å². The minimum absolute atomic E-state index is 0.164. The summed E-state index contributed by atoms with van der Waals surface area (Å²) in [4.78, 5) is 0. The maximum atomic E-state index is 10.8. The van der Waals surface area contributed by atoms with Crippen LogP contribution < -0.4 is 0 Å². The van der Waals surface area contributed by atoms with Crippen molar-refractivity contribution in [3.8, 4) is 16.9 Å².